The van der Waals surface area contributed by atoms with Gasteiger partial charge >= 0.3 is 0 Å². The van der Waals surface area contributed by atoms with E-state index >= 15 is 0 Å². The first-order valence-electron chi connectivity index (χ1n) is 7.15. The quantitative estimate of drug-likeness (QED) is 0.873. The largest absolute Gasteiger partial charge is 0.493 e. The molecule has 1 aromatic rings. The van der Waals surface area contributed by atoms with E-state index in [1.165, 1.54) is 43.2 Å². The van der Waals surface area contributed by atoms with Crippen LogP contribution in [0.1, 0.15) is 56.2 Å². The van der Waals surface area contributed by atoms with Crippen molar-refractivity contribution < 1.29 is 4.74 Å². The topological polar surface area (TPSA) is 35.2 Å². The second-order valence-corrected chi connectivity index (χ2v) is 5.63. The Morgan fingerprint density at radius 2 is 2.00 bits per heavy atom. The van der Waals surface area contributed by atoms with Gasteiger partial charge in [0.2, 0.25) is 0 Å². The Balaban J connectivity index is 1.92. The van der Waals surface area contributed by atoms with Gasteiger partial charge in [0.1, 0.15) is 5.75 Å². The molecule has 1 aliphatic rings. The molecule has 2 nitrogen and oxygen atoms in total. The first-order valence-corrected chi connectivity index (χ1v) is 7.15. The number of hydrogen-bond donors (Lipinski definition) is 1. The molecule has 0 bridgehead atoms. The van der Waals surface area contributed by atoms with Crippen molar-refractivity contribution >= 4 is 0 Å². The lowest BCUT2D eigenvalue weighted by Crippen LogP contribution is -2.15. The number of nitrogens with two attached hydrogens (primary N) is 1. The van der Waals surface area contributed by atoms with Gasteiger partial charge < -0.3 is 10.5 Å². The maximum absolute atomic E-state index is 5.97. The van der Waals surface area contributed by atoms with Crippen LogP contribution >= 0.6 is 0 Å². The van der Waals surface area contributed by atoms with E-state index in [4.69, 9.17) is 10.5 Å². The molecule has 2 N–H and O–H groups in total. The molecule has 1 atom stereocenters. The molecule has 1 aliphatic carbocycles. The molecular weight excluding hydrogens is 222 g/mol. The van der Waals surface area contributed by atoms with Gasteiger partial charge in [-0.1, -0.05) is 31.4 Å². The van der Waals surface area contributed by atoms with E-state index in [0.29, 0.717) is 0 Å². The van der Waals surface area contributed by atoms with Crippen LogP contribution in [0.15, 0.2) is 18.2 Å². The molecule has 1 fully saturated rings. The van der Waals surface area contributed by atoms with Crippen LogP contribution in [0.3, 0.4) is 0 Å². The Labute approximate surface area is 111 Å². The van der Waals surface area contributed by atoms with Crippen molar-refractivity contribution in [1.82, 2.24) is 0 Å². The van der Waals surface area contributed by atoms with E-state index in [0.717, 1.165) is 18.3 Å². The van der Waals surface area contributed by atoms with Gasteiger partial charge in [0.05, 0.1) is 6.61 Å². The van der Waals surface area contributed by atoms with Crippen LogP contribution < -0.4 is 10.5 Å². The zero-order chi connectivity index (χ0) is 13.0. The minimum absolute atomic E-state index is 0.0936. The van der Waals surface area contributed by atoms with E-state index in [-0.39, 0.29) is 6.04 Å². The van der Waals surface area contributed by atoms with Gasteiger partial charge in [-0.25, -0.2) is 0 Å². The van der Waals surface area contributed by atoms with Crippen LogP contribution in [0.4, 0.5) is 0 Å². The molecule has 18 heavy (non-hydrogen) atoms. The monoisotopic (exact) mass is 247 g/mol. The van der Waals surface area contributed by atoms with Crippen LogP contribution in [0.5, 0.6) is 5.75 Å². The highest BCUT2D eigenvalue weighted by atomic mass is 16.5. The van der Waals surface area contributed by atoms with Crippen LogP contribution in [0.25, 0.3) is 0 Å². The molecule has 0 saturated heterocycles. The van der Waals surface area contributed by atoms with Crippen LogP contribution in [0, 0.1) is 12.8 Å². The van der Waals surface area contributed by atoms with Crippen molar-refractivity contribution in [3.63, 3.8) is 0 Å². The third kappa shape index (κ3) is 3.49. The normalized spacial score (nSPS) is 18.6. The fourth-order valence-electron chi connectivity index (χ4n) is 2.68. The van der Waals surface area contributed by atoms with E-state index in [2.05, 4.69) is 25.1 Å². The van der Waals surface area contributed by atoms with E-state index < -0.39 is 0 Å². The Morgan fingerprint density at radius 3 is 2.61 bits per heavy atom. The first kappa shape index (κ1) is 13.4. The van der Waals surface area contributed by atoms with E-state index in [1.807, 2.05) is 6.92 Å². The summed E-state index contributed by atoms with van der Waals surface area (Å²) in [5, 5.41) is 0. The minimum atomic E-state index is 0.0936. The fourth-order valence-corrected chi connectivity index (χ4v) is 2.68. The van der Waals surface area contributed by atoms with Crippen LogP contribution in [-0.2, 0) is 0 Å². The van der Waals surface area contributed by atoms with Crippen molar-refractivity contribution in [2.45, 2.75) is 52.0 Å². The number of benzene rings is 1. The number of aryl methyl sites for hydroxylation is 1. The highest BCUT2D eigenvalue weighted by molar-refractivity contribution is 5.37. The molecule has 2 rings (SSSR count). The summed E-state index contributed by atoms with van der Waals surface area (Å²) in [7, 11) is 0. The predicted octanol–water partition coefficient (Wildman–Crippen LogP) is 3.97. The first-order chi connectivity index (χ1) is 8.66. The van der Waals surface area contributed by atoms with Crippen LogP contribution in [0.2, 0.25) is 0 Å². The average molecular weight is 247 g/mol. The molecule has 0 radical (unpaired) electrons. The minimum Gasteiger partial charge on any atom is -0.493 e. The summed E-state index contributed by atoms with van der Waals surface area (Å²) < 4.78 is 5.97. The third-order valence-electron chi connectivity index (χ3n) is 3.92. The zero-order valence-corrected chi connectivity index (χ0v) is 11.6. The Hall–Kier alpha value is -1.02. The zero-order valence-electron chi connectivity index (χ0n) is 11.6. The lowest BCUT2D eigenvalue weighted by molar-refractivity contribution is 0.208. The number of rotatable bonds is 4. The van der Waals surface area contributed by atoms with Crippen molar-refractivity contribution in [2.24, 2.45) is 11.7 Å². The van der Waals surface area contributed by atoms with Gasteiger partial charge in [-0.15, -0.1) is 0 Å². The number of hydrogen-bond acceptors (Lipinski definition) is 2. The van der Waals surface area contributed by atoms with Crippen molar-refractivity contribution in [3.05, 3.63) is 29.3 Å². The summed E-state index contributed by atoms with van der Waals surface area (Å²) in [5.41, 5.74) is 8.26. The maximum Gasteiger partial charge on any atom is 0.122 e. The van der Waals surface area contributed by atoms with Crippen molar-refractivity contribution in [1.29, 1.82) is 0 Å². The lowest BCUT2D eigenvalue weighted by Gasteiger charge is -2.22. The Kier molecular flexibility index (Phi) is 4.65. The summed E-state index contributed by atoms with van der Waals surface area (Å²) in [6, 6.07) is 6.38. The average Bonchev–Trinajstić information content (AvgIpc) is 2.38. The smallest absolute Gasteiger partial charge is 0.122 e. The summed E-state index contributed by atoms with van der Waals surface area (Å²) >= 11 is 0. The number of ether oxygens (including phenoxy) is 1. The molecular formula is C16H25NO. The SMILES string of the molecule is Cc1cc(C(C)N)ccc1OCC1CCCCC1. The van der Waals surface area contributed by atoms with E-state index in [9.17, 15) is 0 Å². The van der Waals surface area contributed by atoms with Gasteiger partial charge in [-0.2, -0.15) is 0 Å². The summed E-state index contributed by atoms with van der Waals surface area (Å²) in [6.45, 7) is 4.98. The molecule has 0 spiro atoms. The molecule has 1 unspecified atom stereocenters. The molecule has 0 aromatic heterocycles. The van der Waals surface area contributed by atoms with Crippen LogP contribution in [-0.4, -0.2) is 6.61 Å². The Bertz CT molecular complexity index is 381. The third-order valence-corrected chi connectivity index (χ3v) is 3.92. The van der Waals surface area contributed by atoms with E-state index in [1.54, 1.807) is 0 Å². The molecule has 0 heterocycles. The highest BCUT2D eigenvalue weighted by Crippen LogP contribution is 2.26. The van der Waals surface area contributed by atoms with Gasteiger partial charge in [0, 0.05) is 6.04 Å². The van der Waals surface area contributed by atoms with Gasteiger partial charge in [0.15, 0.2) is 0 Å². The summed E-state index contributed by atoms with van der Waals surface area (Å²) in [5.74, 6) is 1.77. The molecule has 2 heteroatoms. The molecule has 1 saturated carbocycles. The standard InChI is InChI=1S/C16H25NO/c1-12-10-15(13(2)17)8-9-16(12)18-11-14-6-4-3-5-7-14/h8-10,13-14H,3-7,11,17H2,1-2H3. The molecule has 100 valence electrons. The maximum atomic E-state index is 5.97. The molecule has 0 amide bonds. The van der Waals surface area contributed by atoms with Gasteiger partial charge in [-0.3, -0.25) is 0 Å². The molecule has 0 aliphatic heterocycles. The summed E-state index contributed by atoms with van der Waals surface area (Å²) in [6.07, 6.45) is 6.81. The fraction of sp³-hybridized carbons (Fsp3) is 0.625. The van der Waals surface area contributed by atoms with Gasteiger partial charge in [-0.05, 0) is 49.8 Å². The van der Waals surface area contributed by atoms with Gasteiger partial charge in [0.25, 0.3) is 0 Å². The highest BCUT2D eigenvalue weighted by Gasteiger charge is 2.14. The second kappa shape index (κ2) is 6.24. The van der Waals surface area contributed by atoms with Crippen molar-refractivity contribution in [3.8, 4) is 5.75 Å². The summed E-state index contributed by atoms with van der Waals surface area (Å²) in [4.78, 5) is 0. The lowest BCUT2D eigenvalue weighted by atomic mass is 9.90. The molecule has 1 aromatic carbocycles. The Morgan fingerprint density at radius 1 is 1.28 bits per heavy atom. The predicted molar refractivity (Wildman–Crippen MR) is 75.9 cm³/mol. The second-order valence-electron chi connectivity index (χ2n) is 5.63. The van der Waals surface area contributed by atoms with Crippen molar-refractivity contribution in [2.75, 3.05) is 6.61 Å².